The smallest absolute Gasteiger partial charge is 0.163 e. The van der Waals surface area contributed by atoms with Crippen LogP contribution in [-0.4, -0.2) is 25.6 Å². The van der Waals surface area contributed by atoms with Crippen LogP contribution in [0.25, 0.3) is 0 Å². The molecular weight excluding hydrogens is 204 g/mol. The third-order valence-corrected chi connectivity index (χ3v) is 2.77. The van der Waals surface area contributed by atoms with E-state index in [1.807, 2.05) is 25.1 Å². The van der Waals surface area contributed by atoms with Gasteiger partial charge in [-0.05, 0) is 19.4 Å². The van der Waals surface area contributed by atoms with Crippen LogP contribution in [0, 0.1) is 0 Å². The van der Waals surface area contributed by atoms with Crippen molar-refractivity contribution in [2.24, 2.45) is 0 Å². The molecule has 0 radical (unpaired) electrons. The second-order valence-corrected chi connectivity index (χ2v) is 4.09. The fourth-order valence-corrected chi connectivity index (χ4v) is 2.05. The summed E-state index contributed by atoms with van der Waals surface area (Å²) in [5.74, 6) is 1.05. The number of methoxy groups -OCH3 is 1. The quantitative estimate of drug-likeness (QED) is 0.780. The molecule has 0 fully saturated rings. The van der Waals surface area contributed by atoms with Crippen molar-refractivity contribution in [3.8, 4) is 5.75 Å². The van der Waals surface area contributed by atoms with Gasteiger partial charge in [0.25, 0.3) is 0 Å². The largest absolute Gasteiger partial charge is 0.488 e. The summed E-state index contributed by atoms with van der Waals surface area (Å²) in [5.41, 5.74) is 1.87. The zero-order valence-corrected chi connectivity index (χ0v) is 9.66. The highest BCUT2D eigenvalue weighted by atomic mass is 16.5. The Morgan fingerprint density at radius 1 is 1.38 bits per heavy atom. The second kappa shape index (κ2) is 4.66. The number of hydrogen-bond acceptors (Lipinski definition) is 3. The van der Waals surface area contributed by atoms with E-state index in [-0.39, 0.29) is 11.9 Å². The van der Waals surface area contributed by atoms with Gasteiger partial charge < -0.3 is 9.47 Å². The van der Waals surface area contributed by atoms with Gasteiger partial charge in [0.15, 0.2) is 5.78 Å². The Bertz CT molecular complexity index is 398. The zero-order chi connectivity index (χ0) is 11.5. The van der Waals surface area contributed by atoms with Crippen molar-refractivity contribution < 1.29 is 14.3 Å². The number of carbonyl (C=O) groups excluding carboxylic acids is 1. The molecule has 1 unspecified atom stereocenters. The fourth-order valence-electron chi connectivity index (χ4n) is 2.05. The molecule has 86 valence electrons. The van der Waals surface area contributed by atoms with Crippen LogP contribution in [0.4, 0.5) is 0 Å². The average Bonchev–Trinajstić information content (AvgIpc) is 2.62. The fraction of sp³-hybridized carbons (Fsp3) is 0.462. The monoisotopic (exact) mass is 220 g/mol. The summed E-state index contributed by atoms with van der Waals surface area (Å²) in [6.07, 6.45) is 1.41. The lowest BCUT2D eigenvalue weighted by molar-refractivity contribution is 0.0914. The molecule has 0 bridgehead atoms. The third kappa shape index (κ3) is 2.09. The predicted octanol–water partition coefficient (Wildman–Crippen LogP) is 2.23. The highest BCUT2D eigenvalue weighted by Gasteiger charge is 2.23. The molecule has 0 heterocycles. The maximum atomic E-state index is 11.5. The summed E-state index contributed by atoms with van der Waals surface area (Å²) in [7, 11) is 1.65. The van der Waals surface area contributed by atoms with Crippen molar-refractivity contribution in [3.63, 3.8) is 0 Å². The van der Waals surface area contributed by atoms with Crippen LogP contribution in [-0.2, 0) is 11.2 Å². The molecule has 0 aliphatic heterocycles. The van der Waals surface area contributed by atoms with Crippen molar-refractivity contribution >= 4 is 5.78 Å². The first-order valence-corrected chi connectivity index (χ1v) is 5.53. The predicted molar refractivity (Wildman–Crippen MR) is 61.1 cm³/mol. The van der Waals surface area contributed by atoms with Crippen LogP contribution < -0.4 is 4.74 Å². The Morgan fingerprint density at radius 3 is 2.94 bits per heavy atom. The van der Waals surface area contributed by atoms with E-state index in [2.05, 4.69) is 0 Å². The summed E-state index contributed by atoms with van der Waals surface area (Å²) < 4.78 is 10.8. The SMILES string of the molecule is COCC(C)Oc1cccc2c1CCC2=O. The standard InChI is InChI=1S/C13H16O3/c1-9(8-15-2)16-13-5-3-4-10-11(13)6-7-12(10)14/h3-5,9H,6-8H2,1-2H3. The molecule has 1 aromatic rings. The molecule has 0 saturated heterocycles. The molecular formula is C13H16O3. The number of carbonyl (C=O) groups is 1. The number of Topliss-reactive ketones (excluding diaryl/α,β-unsaturated/α-hetero) is 1. The zero-order valence-electron chi connectivity index (χ0n) is 9.66. The first kappa shape index (κ1) is 11.1. The first-order chi connectivity index (χ1) is 7.72. The number of ketones is 1. The van der Waals surface area contributed by atoms with Gasteiger partial charge in [-0.3, -0.25) is 4.79 Å². The Morgan fingerprint density at radius 2 is 2.19 bits per heavy atom. The Labute approximate surface area is 95.4 Å². The van der Waals surface area contributed by atoms with E-state index in [9.17, 15) is 4.79 Å². The highest BCUT2D eigenvalue weighted by Crippen LogP contribution is 2.30. The summed E-state index contributed by atoms with van der Waals surface area (Å²) in [4.78, 5) is 11.5. The first-order valence-electron chi connectivity index (χ1n) is 5.53. The van der Waals surface area contributed by atoms with E-state index in [1.165, 1.54) is 0 Å². The van der Waals surface area contributed by atoms with E-state index in [0.29, 0.717) is 13.0 Å². The van der Waals surface area contributed by atoms with Crippen LogP contribution in [0.5, 0.6) is 5.75 Å². The van der Waals surface area contributed by atoms with Crippen molar-refractivity contribution in [2.45, 2.75) is 25.9 Å². The van der Waals surface area contributed by atoms with E-state index >= 15 is 0 Å². The lowest BCUT2D eigenvalue weighted by Crippen LogP contribution is -2.18. The van der Waals surface area contributed by atoms with Crippen molar-refractivity contribution in [2.75, 3.05) is 13.7 Å². The molecule has 1 atom stereocenters. The lowest BCUT2D eigenvalue weighted by Gasteiger charge is -2.16. The molecule has 3 nitrogen and oxygen atoms in total. The summed E-state index contributed by atoms with van der Waals surface area (Å²) in [6.45, 7) is 2.51. The minimum Gasteiger partial charge on any atom is -0.488 e. The minimum atomic E-state index is 0.00667. The molecule has 1 aliphatic rings. The Kier molecular flexibility index (Phi) is 3.25. The molecule has 1 aliphatic carbocycles. The molecule has 0 saturated carbocycles. The van der Waals surface area contributed by atoms with Gasteiger partial charge in [0.2, 0.25) is 0 Å². The molecule has 0 N–H and O–H groups in total. The van der Waals surface area contributed by atoms with Crippen LogP contribution in [0.2, 0.25) is 0 Å². The van der Waals surface area contributed by atoms with Crippen LogP contribution in [0.1, 0.15) is 29.3 Å². The van der Waals surface area contributed by atoms with Crippen molar-refractivity contribution in [1.29, 1.82) is 0 Å². The molecule has 3 heteroatoms. The van der Waals surface area contributed by atoms with Gasteiger partial charge in [0, 0.05) is 24.7 Å². The van der Waals surface area contributed by atoms with E-state index in [4.69, 9.17) is 9.47 Å². The van der Waals surface area contributed by atoms with Crippen LogP contribution in [0.15, 0.2) is 18.2 Å². The summed E-state index contributed by atoms with van der Waals surface area (Å²) in [5, 5.41) is 0. The van der Waals surface area contributed by atoms with Crippen molar-refractivity contribution in [3.05, 3.63) is 29.3 Å². The number of hydrogen-bond donors (Lipinski definition) is 0. The number of fused-ring (bicyclic) bond motifs is 1. The second-order valence-electron chi connectivity index (χ2n) is 4.09. The van der Waals surface area contributed by atoms with Gasteiger partial charge in [-0.1, -0.05) is 12.1 Å². The maximum Gasteiger partial charge on any atom is 0.163 e. The minimum absolute atomic E-state index is 0.00667. The molecule has 0 spiro atoms. The Hall–Kier alpha value is -1.35. The number of benzene rings is 1. The van der Waals surface area contributed by atoms with Gasteiger partial charge >= 0.3 is 0 Å². The van der Waals surface area contributed by atoms with E-state index < -0.39 is 0 Å². The normalized spacial score (nSPS) is 16.0. The van der Waals surface area contributed by atoms with Crippen LogP contribution in [0.3, 0.4) is 0 Å². The van der Waals surface area contributed by atoms with Crippen LogP contribution >= 0.6 is 0 Å². The topological polar surface area (TPSA) is 35.5 Å². The van der Waals surface area contributed by atoms with Gasteiger partial charge in [0.1, 0.15) is 11.9 Å². The highest BCUT2D eigenvalue weighted by molar-refractivity contribution is 6.01. The molecule has 1 aromatic carbocycles. The lowest BCUT2D eigenvalue weighted by atomic mass is 10.1. The average molecular weight is 220 g/mol. The van der Waals surface area contributed by atoms with E-state index in [1.54, 1.807) is 7.11 Å². The molecule has 0 aromatic heterocycles. The Balaban J connectivity index is 2.20. The summed E-state index contributed by atoms with van der Waals surface area (Å²) in [6, 6.07) is 5.67. The third-order valence-electron chi connectivity index (χ3n) is 2.77. The molecule has 0 amide bonds. The van der Waals surface area contributed by atoms with Gasteiger partial charge in [-0.15, -0.1) is 0 Å². The molecule has 16 heavy (non-hydrogen) atoms. The van der Waals surface area contributed by atoms with E-state index in [0.717, 1.165) is 23.3 Å². The molecule has 2 rings (SSSR count). The van der Waals surface area contributed by atoms with Crippen molar-refractivity contribution in [1.82, 2.24) is 0 Å². The number of ether oxygens (including phenoxy) is 2. The number of rotatable bonds is 4. The van der Waals surface area contributed by atoms with Gasteiger partial charge in [-0.25, -0.2) is 0 Å². The van der Waals surface area contributed by atoms with Gasteiger partial charge in [-0.2, -0.15) is 0 Å². The van der Waals surface area contributed by atoms with Gasteiger partial charge in [0.05, 0.1) is 6.61 Å². The summed E-state index contributed by atoms with van der Waals surface area (Å²) >= 11 is 0. The maximum absolute atomic E-state index is 11.5.